The molecule has 1 fully saturated rings. The third-order valence-corrected chi connectivity index (χ3v) is 4.02. The summed E-state index contributed by atoms with van der Waals surface area (Å²) in [6.07, 6.45) is 4.94. The Bertz CT molecular complexity index is 121. The standard InChI is InChI=1S/C9H18BrNS/c1-12-6-2-4-11-5-3-9(7-10)8-11/h9H,2-8H2,1H3. The summed E-state index contributed by atoms with van der Waals surface area (Å²) in [6, 6.07) is 0. The van der Waals surface area contributed by atoms with Gasteiger partial charge in [0, 0.05) is 11.9 Å². The van der Waals surface area contributed by atoms with E-state index in [-0.39, 0.29) is 0 Å². The highest BCUT2D eigenvalue weighted by Crippen LogP contribution is 2.18. The molecule has 1 saturated heterocycles. The highest BCUT2D eigenvalue weighted by atomic mass is 79.9. The van der Waals surface area contributed by atoms with Gasteiger partial charge in [-0.2, -0.15) is 11.8 Å². The maximum absolute atomic E-state index is 3.55. The molecule has 0 amide bonds. The average Bonchev–Trinajstić information content (AvgIpc) is 2.53. The average molecular weight is 252 g/mol. The van der Waals surface area contributed by atoms with Crippen LogP contribution in [-0.2, 0) is 0 Å². The molecule has 1 atom stereocenters. The topological polar surface area (TPSA) is 3.24 Å². The second kappa shape index (κ2) is 6.28. The normalized spacial score (nSPS) is 25.0. The molecular formula is C9H18BrNS. The van der Waals surface area contributed by atoms with Crippen molar-refractivity contribution in [2.24, 2.45) is 5.92 Å². The molecule has 0 aromatic carbocycles. The van der Waals surface area contributed by atoms with E-state index < -0.39 is 0 Å². The van der Waals surface area contributed by atoms with Gasteiger partial charge in [0.25, 0.3) is 0 Å². The Morgan fingerprint density at radius 3 is 3.00 bits per heavy atom. The van der Waals surface area contributed by atoms with Gasteiger partial charge in [0.15, 0.2) is 0 Å². The molecule has 0 spiro atoms. The summed E-state index contributed by atoms with van der Waals surface area (Å²) < 4.78 is 0. The van der Waals surface area contributed by atoms with Crippen molar-refractivity contribution in [3.63, 3.8) is 0 Å². The van der Waals surface area contributed by atoms with E-state index in [9.17, 15) is 0 Å². The molecule has 0 aromatic heterocycles. The van der Waals surface area contributed by atoms with Gasteiger partial charge in [-0.3, -0.25) is 0 Å². The number of hydrogen-bond donors (Lipinski definition) is 0. The monoisotopic (exact) mass is 251 g/mol. The van der Waals surface area contributed by atoms with Crippen LogP contribution in [0.1, 0.15) is 12.8 Å². The summed E-state index contributed by atoms with van der Waals surface area (Å²) >= 11 is 5.51. The van der Waals surface area contributed by atoms with Crippen LogP contribution in [0.15, 0.2) is 0 Å². The van der Waals surface area contributed by atoms with Gasteiger partial charge >= 0.3 is 0 Å². The number of rotatable bonds is 5. The Morgan fingerprint density at radius 2 is 2.42 bits per heavy atom. The molecule has 0 aromatic rings. The smallest absolute Gasteiger partial charge is 0.00723 e. The maximum atomic E-state index is 3.55. The Labute approximate surface area is 88.4 Å². The number of hydrogen-bond acceptors (Lipinski definition) is 2. The molecule has 1 unspecified atom stereocenters. The first kappa shape index (κ1) is 10.9. The zero-order valence-corrected chi connectivity index (χ0v) is 10.2. The van der Waals surface area contributed by atoms with Crippen molar-refractivity contribution < 1.29 is 0 Å². The number of thioether (sulfide) groups is 1. The lowest BCUT2D eigenvalue weighted by Crippen LogP contribution is -2.22. The minimum Gasteiger partial charge on any atom is -0.303 e. The van der Waals surface area contributed by atoms with Gasteiger partial charge in [-0.15, -0.1) is 0 Å². The highest BCUT2D eigenvalue weighted by Gasteiger charge is 2.20. The van der Waals surface area contributed by atoms with Crippen LogP contribution in [0, 0.1) is 5.92 Å². The Kier molecular flexibility index (Phi) is 5.68. The number of likely N-dealkylation sites (tertiary alicyclic amines) is 1. The van der Waals surface area contributed by atoms with E-state index in [0.717, 1.165) is 5.92 Å². The molecule has 12 heavy (non-hydrogen) atoms. The van der Waals surface area contributed by atoms with E-state index in [4.69, 9.17) is 0 Å². The van der Waals surface area contributed by atoms with Crippen LogP contribution in [0.5, 0.6) is 0 Å². The van der Waals surface area contributed by atoms with Crippen LogP contribution in [0.25, 0.3) is 0 Å². The van der Waals surface area contributed by atoms with Gasteiger partial charge in [0.1, 0.15) is 0 Å². The van der Waals surface area contributed by atoms with Crippen molar-refractivity contribution in [1.29, 1.82) is 0 Å². The predicted molar refractivity (Wildman–Crippen MR) is 61.3 cm³/mol. The lowest BCUT2D eigenvalue weighted by molar-refractivity contribution is 0.330. The van der Waals surface area contributed by atoms with Crippen LogP contribution >= 0.6 is 27.7 Å². The minimum absolute atomic E-state index is 0.916. The summed E-state index contributed by atoms with van der Waals surface area (Å²) in [6.45, 7) is 3.95. The van der Waals surface area contributed by atoms with Gasteiger partial charge in [-0.05, 0) is 43.9 Å². The molecule has 1 aliphatic heterocycles. The van der Waals surface area contributed by atoms with Crippen LogP contribution in [-0.4, -0.2) is 41.9 Å². The van der Waals surface area contributed by atoms with E-state index in [1.54, 1.807) is 0 Å². The highest BCUT2D eigenvalue weighted by molar-refractivity contribution is 9.09. The van der Waals surface area contributed by atoms with Crippen molar-refractivity contribution >= 4 is 27.7 Å². The zero-order chi connectivity index (χ0) is 8.81. The molecule has 3 heteroatoms. The van der Waals surface area contributed by atoms with Crippen molar-refractivity contribution in [2.75, 3.05) is 37.0 Å². The minimum atomic E-state index is 0.916. The summed E-state index contributed by atoms with van der Waals surface area (Å²) in [5, 5.41) is 1.19. The van der Waals surface area contributed by atoms with Gasteiger partial charge in [0.2, 0.25) is 0 Å². The number of alkyl halides is 1. The van der Waals surface area contributed by atoms with Crippen molar-refractivity contribution in [2.45, 2.75) is 12.8 Å². The van der Waals surface area contributed by atoms with Gasteiger partial charge in [-0.1, -0.05) is 15.9 Å². The van der Waals surface area contributed by atoms with Crippen LogP contribution in [0.4, 0.5) is 0 Å². The predicted octanol–water partition coefficient (Wildman–Crippen LogP) is 2.46. The molecule has 0 saturated carbocycles. The fourth-order valence-electron chi connectivity index (χ4n) is 1.67. The van der Waals surface area contributed by atoms with Crippen molar-refractivity contribution in [3.05, 3.63) is 0 Å². The largest absolute Gasteiger partial charge is 0.303 e. The summed E-state index contributed by atoms with van der Waals surface area (Å²) in [7, 11) is 0. The number of halogens is 1. The van der Waals surface area contributed by atoms with E-state index in [2.05, 4.69) is 27.1 Å². The van der Waals surface area contributed by atoms with Crippen LogP contribution < -0.4 is 0 Å². The van der Waals surface area contributed by atoms with Crippen molar-refractivity contribution in [1.82, 2.24) is 4.90 Å². The molecule has 1 rings (SSSR count). The maximum Gasteiger partial charge on any atom is 0.00723 e. The van der Waals surface area contributed by atoms with E-state index in [1.807, 2.05) is 11.8 Å². The Morgan fingerprint density at radius 1 is 1.58 bits per heavy atom. The third-order valence-electron chi connectivity index (χ3n) is 2.41. The SMILES string of the molecule is CSCCCN1CCC(CBr)C1. The molecule has 1 nitrogen and oxygen atoms in total. The molecule has 0 radical (unpaired) electrons. The van der Waals surface area contributed by atoms with Gasteiger partial charge in [0.05, 0.1) is 0 Å². The molecule has 1 aliphatic rings. The third kappa shape index (κ3) is 3.67. The molecular weight excluding hydrogens is 234 g/mol. The summed E-state index contributed by atoms with van der Waals surface area (Å²) in [4.78, 5) is 2.60. The Hall–Kier alpha value is 0.790. The van der Waals surface area contributed by atoms with Crippen molar-refractivity contribution in [3.8, 4) is 0 Å². The van der Waals surface area contributed by atoms with Gasteiger partial charge < -0.3 is 4.90 Å². The van der Waals surface area contributed by atoms with E-state index in [0.29, 0.717) is 0 Å². The lowest BCUT2D eigenvalue weighted by Gasteiger charge is -2.14. The van der Waals surface area contributed by atoms with Crippen LogP contribution in [0.2, 0.25) is 0 Å². The van der Waals surface area contributed by atoms with E-state index in [1.165, 1.54) is 43.6 Å². The second-order valence-electron chi connectivity index (χ2n) is 3.46. The fourth-order valence-corrected chi connectivity index (χ4v) is 2.62. The zero-order valence-electron chi connectivity index (χ0n) is 7.76. The first-order valence-electron chi connectivity index (χ1n) is 4.64. The first-order chi connectivity index (χ1) is 5.86. The molecule has 0 aliphatic carbocycles. The summed E-state index contributed by atoms with van der Waals surface area (Å²) in [5.41, 5.74) is 0. The summed E-state index contributed by atoms with van der Waals surface area (Å²) in [5.74, 6) is 2.23. The number of nitrogens with zero attached hydrogens (tertiary/aromatic N) is 1. The fraction of sp³-hybridized carbons (Fsp3) is 1.00. The molecule has 0 N–H and O–H groups in total. The molecule has 1 heterocycles. The van der Waals surface area contributed by atoms with Gasteiger partial charge in [-0.25, -0.2) is 0 Å². The lowest BCUT2D eigenvalue weighted by atomic mass is 10.2. The van der Waals surface area contributed by atoms with Crippen LogP contribution in [0.3, 0.4) is 0 Å². The first-order valence-corrected chi connectivity index (χ1v) is 7.15. The van der Waals surface area contributed by atoms with E-state index >= 15 is 0 Å². The Balaban J connectivity index is 2.03. The second-order valence-corrected chi connectivity index (χ2v) is 5.09. The molecule has 72 valence electrons. The molecule has 0 bridgehead atoms. The quantitative estimate of drug-likeness (QED) is 0.546.